The highest BCUT2D eigenvalue weighted by molar-refractivity contribution is 7.89. The van der Waals surface area contributed by atoms with Crippen molar-refractivity contribution in [3.8, 4) is 5.75 Å². The van der Waals surface area contributed by atoms with Crippen molar-refractivity contribution < 1.29 is 18.3 Å². The van der Waals surface area contributed by atoms with Gasteiger partial charge in [-0.15, -0.1) is 0 Å². The zero-order valence-corrected chi connectivity index (χ0v) is 13.7. The van der Waals surface area contributed by atoms with Crippen LogP contribution in [0.25, 0.3) is 6.08 Å². The molecule has 2 aromatic carbocycles. The average Bonchev–Trinajstić information content (AvgIpc) is 2.54. The molecule has 126 valence electrons. The number of sulfonamides is 1. The van der Waals surface area contributed by atoms with Gasteiger partial charge >= 0.3 is 0 Å². The number of hydrogen-bond acceptors (Lipinski definition) is 4. The molecule has 0 spiro atoms. The fourth-order valence-corrected chi connectivity index (χ4v) is 2.51. The molecular formula is C17H18N2O4S. The van der Waals surface area contributed by atoms with E-state index in [1.54, 1.807) is 42.5 Å². The van der Waals surface area contributed by atoms with Gasteiger partial charge < -0.3 is 10.4 Å². The highest BCUT2D eigenvalue weighted by Crippen LogP contribution is 2.11. The van der Waals surface area contributed by atoms with E-state index >= 15 is 0 Å². The van der Waals surface area contributed by atoms with E-state index in [1.165, 1.54) is 18.2 Å². The molecule has 0 fully saturated rings. The molecule has 0 unspecified atom stereocenters. The number of benzene rings is 2. The minimum absolute atomic E-state index is 0.0621. The van der Waals surface area contributed by atoms with E-state index in [4.69, 9.17) is 5.14 Å². The molecule has 0 aliphatic carbocycles. The fourth-order valence-electron chi connectivity index (χ4n) is 1.99. The van der Waals surface area contributed by atoms with Crippen LogP contribution >= 0.6 is 0 Å². The van der Waals surface area contributed by atoms with Crippen molar-refractivity contribution in [2.24, 2.45) is 5.14 Å². The van der Waals surface area contributed by atoms with Gasteiger partial charge in [-0.3, -0.25) is 4.79 Å². The molecule has 0 heterocycles. The topological polar surface area (TPSA) is 109 Å². The number of carbonyl (C=O) groups is 1. The standard InChI is InChI=1S/C17H18N2O4S/c18-24(22,23)16-8-3-14(4-9-16)11-12-19-17(21)10-5-13-1-6-15(20)7-2-13/h1-10,20H,11-12H2,(H,19,21)(H2,18,22,23)/b10-5+. The lowest BCUT2D eigenvalue weighted by Crippen LogP contribution is -2.23. The summed E-state index contributed by atoms with van der Waals surface area (Å²) in [6.45, 7) is 0.424. The van der Waals surface area contributed by atoms with Crippen molar-refractivity contribution in [2.75, 3.05) is 6.54 Å². The molecule has 0 saturated carbocycles. The lowest BCUT2D eigenvalue weighted by Gasteiger charge is -2.04. The summed E-state index contributed by atoms with van der Waals surface area (Å²) in [6.07, 6.45) is 3.63. The highest BCUT2D eigenvalue weighted by Gasteiger charge is 2.06. The van der Waals surface area contributed by atoms with Crippen molar-refractivity contribution >= 4 is 22.0 Å². The molecule has 6 nitrogen and oxygen atoms in total. The smallest absolute Gasteiger partial charge is 0.244 e. The maximum absolute atomic E-state index is 11.7. The first-order valence-electron chi connectivity index (χ1n) is 7.21. The molecule has 0 atom stereocenters. The van der Waals surface area contributed by atoms with E-state index < -0.39 is 10.0 Å². The predicted molar refractivity (Wildman–Crippen MR) is 91.7 cm³/mol. The summed E-state index contributed by atoms with van der Waals surface area (Å²) in [6, 6.07) is 12.7. The van der Waals surface area contributed by atoms with Crippen molar-refractivity contribution in [1.29, 1.82) is 0 Å². The monoisotopic (exact) mass is 346 g/mol. The number of hydrogen-bond donors (Lipinski definition) is 3. The quantitative estimate of drug-likeness (QED) is 0.687. The molecule has 0 bridgehead atoms. The molecule has 0 radical (unpaired) electrons. The molecule has 0 aliphatic rings. The van der Waals surface area contributed by atoms with Gasteiger partial charge in [-0.1, -0.05) is 24.3 Å². The van der Waals surface area contributed by atoms with Crippen LogP contribution in [0.2, 0.25) is 0 Å². The Morgan fingerprint density at radius 3 is 2.29 bits per heavy atom. The first kappa shape index (κ1) is 17.7. The van der Waals surface area contributed by atoms with E-state index in [1.807, 2.05) is 0 Å². The first-order chi connectivity index (χ1) is 11.3. The molecule has 2 aromatic rings. The van der Waals surface area contributed by atoms with E-state index in [0.717, 1.165) is 11.1 Å². The van der Waals surface area contributed by atoms with Crippen molar-refractivity contribution in [1.82, 2.24) is 5.32 Å². The summed E-state index contributed by atoms with van der Waals surface area (Å²) in [5.41, 5.74) is 1.70. The Hall–Kier alpha value is -2.64. The summed E-state index contributed by atoms with van der Waals surface area (Å²) in [5.74, 6) is -0.0608. The van der Waals surface area contributed by atoms with E-state index in [9.17, 15) is 18.3 Å². The maximum atomic E-state index is 11.7. The van der Waals surface area contributed by atoms with Gasteiger partial charge in [0.25, 0.3) is 0 Å². The van der Waals surface area contributed by atoms with Gasteiger partial charge in [0.1, 0.15) is 5.75 Å². The average molecular weight is 346 g/mol. The molecule has 1 amide bonds. The Bertz CT molecular complexity index is 826. The van der Waals surface area contributed by atoms with Gasteiger partial charge in [-0.05, 0) is 47.9 Å². The van der Waals surface area contributed by atoms with Crippen LogP contribution in [-0.4, -0.2) is 26.0 Å². The van der Waals surface area contributed by atoms with Crippen LogP contribution in [0.5, 0.6) is 5.75 Å². The predicted octanol–water partition coefficient (Wildman–Crippen LogP) is 1.41. The van der Waals surface area contributed by atoms with E-state index in [-0.39, 0.29) is 16.6 Å². The molecule has 0 aliphatic heterocycles. The Morgan fingerprint density at radius 2 is 1.71 bits per heavy atom. The second-order valence-electron chi connectivity index (χ2n) is 5.15. The van der Waals surface area contributed by atoms with Gasteiger partial charge in [0.15, 0.2) is 0 Å². The third-order valence-electron chi connectivity index (χ3n) is 3.29. The molecule has 4 N–H and O–H groups in total. The third-order valence-corrected chi connectivity index (χ3v) is 4.21. The Kier molecular flexibility index (Phi) is 5.73. The number of amides is 1. The molecular weight excluding hydrogens is 328 g/mol. The van der Waals surface area contributed by atoms with E-state index in [0.29, 0.717) is 13.0 Å². The van der Waals surface area contributed by atoms with Crippen LogP contribution in [0.1, 0.15) is 11.1 Å². The van der Waals surface area contributed by atoms with Crippen molar-refractivity contribution in [3.05, 3.63) is 65.7 Å². The Morgan fingerprint density at radius 1 is 1.08 bits per heavy atom. The molecule has 7 heteroatoms. The second-order valence-corrected chi connectivity index (χ2v) is 6.72. The van der Waals surface area contributed by atoms with Crippen LogP contribution in [0.4, 0.5) is 0 Å². The number of phenolic OH excluding ortho intramolecular Hbond substituents is 1. The molecule has 24 heavy (non-hydrogen) atoms. The summed E-state index contributed by atoms with van der Waals surface area (Å²) in [7, 11) is -3.68. The van der Waals surface area contributed by atoms with Crippen LogP contribution in [0.3, 0.4) is 0 Å². The van der Waals surface area contributed by atoms with E-state index in [2.05, 4.69) is 5.32 Å². The third kappa shape index (κ3) is 5.53. The zero-order chi connectivity index (χ0) is 17.6. The molecule has 0 aromatic heterocycles. The highest BCUT2D eigenvalue weighted by atomic mass is 32.2. The SMILES string of the molecule is NS(=O)(=O)c1ccc(CCNC(=O)/C=C/c2ccc(O)cc2)cc1. The summed E-state index contributed by atoms with van der Waals surface area (Å²) < 4.78 is 22.3. The normalized spacial score (nSPS) is 11.5. The van der Waals surface area contributed by atoms with Gasteiger partial charge in [-0.25, -0.2) is 13.6 Å². The number of carbonyl (C=O) groups excluding carboxylic acids is 1. The number of nitrogens with one attached hydrogen (secondary N) is 1. The lowest BCUT2D eigenvalue weighted by molar-refractivity contribution is -0.116. The van der Waals surface area contributed by atoms with Gasteiger partial charge in [0, 0.05) is 12.6 Å². The van der Waals surface area contributed by atoms with Crippen molar-refractivity contribution in [3.63, 3.8) is 0 Å². The van der Waals surface area contributed by atoms with Gasteiger partial charge in [0.05, 0.1) is 4.90 Å². The zero-order valence-electron chi connectivity index (χ0n) is 12.8. The maximum Gasteiger partial charge on any atom is 0.244 e. The number of phenols is 1. The Balaban J connectivity index is 1.81. The minimum Gasteiger partial charge on any atom is -0.508 e. The minimum atomic E-state index is -3.68. The largest absolute Gasteiger partial charge is 0.508 e. The lowest BCUT2D eigenvalue weighted by atomic mass is 10.1. The fraction of sp³-hybridized carbons (Fsp3) is 0.118. The summed E-state index contributed by atoms with van der Waals surface area (Å²) in [5, 5.41) is 16.9. The molecule has 0 saturated heterocycles. The van der Waals surface area contributed by atoms with Gasteiger partial charge in [-0.2, -0.15) is 0 Å². The molecule has 2 rings (SSSR count). The summed E-state index contributed by atoms with van der Waals surface area (Å²) in [4.78, 5) is 11.8. The second kappa shape index (κ2) is 7.76. The van der Waals surface area contributed by atoms with Gasteiger partial charge in [0.2, 0.25) is 15.9 Å². The number of aromatic hydroxyl groups is 1. The van der Waals surface area contributed by atoms with Crippen LogP contribution < -0.4 is 10.5 Å². The van der Waals surface area contributed by atoms with Crippen LogP contribution in [0, 0.1) is 0 Å². The number of nitrogens with two attached hydrogens (primary N) is 1. The summed E-state index contributed by atoms with van der Waals surface area (Å²) >= 11 is 0. The number of primary sulfonamides is 1. The number of rotatable bonds is 6. The van der Waals surface area contributed by atoms with Crippen molar-refractivity contribution in [2.45, 2.75) is 11.3 Å². The van der Waals surface area contributed by atoms with Crippen LogP contribution in [0.15, 0.2) is 59.5 Å². The first-order valence-corrected chi connectivity index (χ1v) is 8.76. The van der Waals surface area contributed by atoms with Crippen LogP contribution in [-0.2, 0) is 21.2 Å². The Labute approximate surface area is 140 Å².